The Bertz CT molecular complexity index is 785. The van der Waals surface area contributed by atoms with Gasteiger partial charge in [0.1, 0.15) is 0 Å². The minimum atomic E-state index is -2.39. The second kappa shape index (κ2) is 7.49. The molecule has 0 saturated carbocycles. The van der Waals surface area contributed by atoms with Crippen LogP contribution in [0.1, 0.15) is 51.7 Å². The molecule has 1 aliphatic rings. The zero-order valence-corrected chi connectivity index (χ0v) is 18.7. The van der Waals surface area contributed by atoms with Gasteiger partial charge in [-0.1, -0.05) is 0 Å². The first-order valence-electron chi connectivity index (χ1n) is 8.52. The zero-order valence-electron chi connectivity index (χ0n) is 14.7. The Morgan fingerprint density at radius 2 is 1.67 bits per heavy atom. The monoisotopic (exact) mass is 435 g/mol. The quantitative estimate of drug-likeness (QED) is 0.471. The molecule has 0 nitrogen and oxygen atoms in total. The molecule has 0 radical (unpaired) electrons. The van der Waals surface area contributed by atoms with E-state index >= 15 is 0 Å². The van der Waals surface area contributed by atoms with Crippen LogP contribution in [-0.4, -0.2) is 0 Å². The molecule has 1 unspecified atom stereocenters. The van der Waals surface area contributed by atoms with Gasteiger partial charge in [-0.25, -0.2) is 0 Å². The number of aryl methyl sites for hydroxylation is 3. The Morgan fingerprint density at radius 3 is 2.25 bits per heavy atom. The van der Waals surface area contributed by atoms with Gasteiger partial charge in [0, 0.05) is 0 Å². The van der Waals surface area contributed by atoms with E-state index < -0.39 is 19.4 Å². The number of fused-ring (bicyclic) bond motifs is 1. The van der Waals surface area contributed by atoms with Crippen LogP contribution in [0, 0.1) is 13.8 Å². The Morgan fingerprint density at radius 1 is 1.00 bits per heavy atom. The van der Waals surface area contributed by atoms with Crippen LogP contribution in [0.4, 0.5) is 0 Å². The van der Waals surface area contributed by atoms with Crippen molar-refractivity contribution in [3.8, 4) is 11.1 Å². The number of rotatable bonds is 4. The molecule has 125 valence electrons. The molecule has 1 aliphatic carbocycles. The van der Waals surface area contributed by atoms with Crippen LogP contribution in [0.2, 0.25) is 0 Å². The number of hydrogen-bond acceptors (Lipinski definition) is 0. The molecule has 0 aliphatic heterocycles. The summed E-state index contributed by atoms with van der Waals surface area (Å²) in [5.41, 5.74) is 10.8. The van der Waals surface area contributed by atoms with Gasteiger partial charge in [-0.15, -0.1) is 0 Å². The molecule has 3 heteroatoms. The maximum absolute atomic E-state index is 6.48. The van der Waals surface area contributed by atoms with Crippen LogP contribution in [0.25, 0.3) is 17.2 Å². The van der Waals surface area contributed by atoms with Crippen molar-refractivity contribution in [2.75, 3.05) is 0 Å². The van der Waals surface area contributed by atoms with E-state index in [1.54, 1.807) is 0 Å². The van der Waals surface area contributed by atoms with Gasteiger partial charge in [-0.05, 0) is 0 Å². The van der Waals surface area contributed by atoms with Crippen molar-refractivity contribution in [3.05, 3.63) is 63.7 Å². The van der Waals surface area contributed by atoms with E-state index in [2.05, 4.69) is 64.1 Å². The number of hydrogen-bond donors (Lipinski definition) is 0. The van der Waals surface area contributed by atoms with Crippen molar-refractivity contribution in [2.45, 2.75) is 44.2 Å². The van der Waals surface area contributed by atoms with Crippen LogP contribution in [0.15, 0.2) is 35.9 Å². The number of halogens is 2. The van der Waals surface area contributed by atoms with Gasteiger partial charge in [-0.2, -0.15) is 0 Å². The van der Waals surface area contributed by atoms with E-state index in [4.69, 9.17) is 17.0 Å². The van der Waals surface area contributed by atoms with Gasteiger partial charge in [0.25, 0.3) is 0 Å². The molecule has 1 atom stereocenters. The first-order chi connectivity index (χ1) is 11.4. The van der Waals surface area contributed by atoms with Crippen molar-refractivity contribution in [1.82, 2.24) is 0 Å². The normalized spacial score (nSPS) is 16.1. The minimum absolute atomic E-state index is 0.297. The average Bonchev–Trinajstić information content (AvgIpc) is 2.82. The third-order valence-electron chi connectivity index (χ3n) is 4.75. The molecule has 0 N–H and O–H groups in total. The van der Waals surface area contributed by atoms with Crippen molar-refractivity contribution < 1.29 is 19.4 Å². The fourth-order valence-corrected chi connectivity index (χ4v) is 9.55. The third-order valence-corrected chi connectivity index (χ3v) is 10.3. The predicted molar refractivity (Wildman–Crippen MR) is 103 cm³/mol. The molecule has 0 saturated heterocycles. The molecular formula is C21H23Cl2Zr. The van der Waals surface area contributed by atoms with Crippen LogP contribution in [0.5, 0.6) is 0 Å². The van der Waals surface area contributed by atoms with Crippen LogP contribution in [-0.2, 0) is 25.8 Å². The molecule has 2 aromatic rings. The molecule has 24 heavy (non-hydrogen) atoms. The molecule has 3 rings (SSSR count). The van der Waals surface area contributed by atoms with Gasteiger partial charge in [0.2, 0.25) is 0 Å². The fraction of sp³-hybridized carbons (Fsp3) is 0.333. The second-order valence-electron chi connectivity index (χ2n) is 6.84. The summed E-state index contributed by atoms with van der Waals surface area (Å²) in [6, 6.07) is 11.4. The summed E-state index contributed by atoms with van der Waals surface area (Å²) in [6.07, 6.45) is 4.58. The van der Waals surface area contributed by atoms with Gasteiger partial charge in [0.15, 0.2) is 0 Å². The Balaban J connectivity index is 2.27. The van der Waals surface area contributed by atoms with E-state index in [0.717, 1.165) is 12.8 Å². The fourth-order valence-electron chi connectivity index (χ4n) is 3.87. The first kappa shape index (κ1) is 18.4. The van der Waals surface area contributed by atoms with Crippen molar-refractivity contribution in [2.24, 2.45) is 0 Å². The summed E-state index contributed by atoms with van der Waals surface area (Å²) in [4.78, 5) is 0. The van der Waals surface area contributed by atoms with E-state index in [9.17, 15) is 0 Å². The summed E-state index contributed by atoms with van der Waals surface area (Å²) < 4.78 is 0.297. The second-order valence-corrected chi connectivity index (χ2v) is 15.6. The molecule has 0 heterocycles. The van der Waals surface area contributed by atoms with E-state index in [1.165, 1.54) is 44.5 Å². The molecule has 2 aromatic carbocycles. The van der Waals surface area contributed by atoms with Crippen LogP contribution in [0.3, 0.4) is 0 Å². The first-order valence-corrected chi connectivity index (χ1v) is 16.3. The van der Waals surface area contributed by atoms with Gasteiger partial charge >= 0.3 is 161 Å². The van der Waals surface area contributed by atoms with E-state index in [1.807, 2.05) is 0 Å². The number of allylic oxidation sites excluding steroid dienone is 1. The zero-order chi connectivity index (χ0) is 17.4. The van der Waals surface area contributed by atoms with E-state index in [-0.39, 0.29) is 0 Å². The number of benzene rings is 2. The molecule has 0 bridgehead atoms. The summed E-state index contributed by atoms with van der Waals surface area (Å²) in [7, 11) is 13.0. The van der Waals surface area contributed by atoms with Crippen LogP contribution < -0.4 is 0 Å². The molecule has 0 aromatic heterocycles. The maximum atomic E-state index is 6.48. The summed E-state index contributed by atoms with van der Waals surface area (Å²) in [6.45, 7) is 8.77. The predicted octanol–water partition coefficient (Wildman–Crippen LogP) is 7.31. The van der Waals surface area contributed by atoms with Crippen molar-refractivity contribution in [1.29, 1.82) is 0 Å². The summed E-state index contributed by atoms with van der Waals surface area (Å²) in [5, 5.41) is 0. The van der Waals surface area contributed by atoms with E-state index in [0.29, 0.717) is 3.63 Å². The van der Waals surface area contributed by atoms with Gasteiger partial charge < -0.3 is 0 Å². The molecule has 0 amide bonds. The third kappa shape index (κ3) is 3.46. The topological polar surface area (TPSA) is 0 Å². The summed E-state index contributed by atoms with van der Waals surface area (Å²) in [5.74, 6) is 0. The van der Waals surface area contributed by atoms with Crippen molar-refractivity contribution in [3.63, 3.8) is 0 Å². The summed E-state index contributed by atoms with van der Waals surface area (Å²) >= 11 is -2.39. The average molecular weight is 438 g/mol. The molecule has 0 spiro atoms. The Labute approximate surface area is 160 Å². The SMILES string of the molecule is CCCc1ccc2c(c1-c1cc(C)cc(C)c1)C=C(C)[CH]2[Zr]([Cl])[Cl]. The molecular weight excluding hydrogens is 414 g/mol. The van der Waals surface area contributed by atoms with Gasteiger partial charge in [0.05, 0.1) is 0 Å². The Kier molecular flexibility index (Phi) is 5.75. The standard InChI is InChI=1S/C21H23.2ClH.Zr/c1-5-6-17-7-8-18-10-16(4)13-20(18)21(17)19-11-14(2)9-15(3)12-19;;;/h7-13H,5-6H2,1-4H3;2*1H;/q;;;+2/p-2. The van der Waals surface area contributed by atoms with Gasteiger partial charge in [-0.3, -0.25) is 0 Å². The van der Waals surface area contributed by atoms with Crippen LogP contribution >= 0.6 is 17.0 Å². The van der Waals surface area contributed by atoms with Crippen molar-refractivity contribution >= 4 is 23.1 Å². The molecule has 0 fully saturated rings. The Hall–Kier alpha value is -0.357.